The first kappa shape index (κ1) is 15.0. The van der Waals surface area contributed by atoms with Crippen LogP contribution in [0.15, 0.2) is 30.9 Å². The molecule has 1 aromatic carbocycles. The predicted octanol–water partition coefficient (Wildman–Crippen LogP) is 4.71. The highest BCUT2D eigenvalue weighted by molar-refractivity contribution is 9.11. The molecule has 0 saturated carbocycles. The van der Waals surface area contributed by atoms with Crippen molar-refractivity contribution in [3.63, 3.8) is 0 Å². The lowest BCUT2D eigenvalue weighted by Gasteiger charge is -2.09. The largest absolute Gasteiger partial charge is 0.485 e. The van der Waals surface area contributed by atoms with Crippen LogP contribution in [0.1, 0.15) is 15.5 Å². The summed E-state index contributed by atoms with van der Waals surface area (Å²) in [5.74, 6) is -0.379. The van der Waals surface area contributed by atoms with E-state index in [4.69, 9.17) is 9.84 Å². The number of aromatic nitrogens is 1. The van der Waals surface area contributed by atoms with Gasteiger partial charge in [-0.15, -0.1) is 11.3 Å². The van der Waals surface area contributed by atoms with Gasteiger partial charge in [0.2, 0.25) is 5.01 Å². The number of halogens is 3. The number of nitrogens with zero attached hydrogens (tertiary/aromatic N) is 1. The molecule has 0 radical (unpaired) electrons. The fraction of sp³-hybridized carbons (Fsp3) is 0.0909. The molecule has 8 heteroatoms. The number of ether oxygens (including phenoxy) is 1. The number of carbonyl (C=O) groups is 1. The van der Waals surface area contributed by atoms with E-state index >= 15 is 0 Å². The lowest BCUT2D eigenvalue weighted by Crippen LogP contribution is -2.00. The quantitative estimate of drug-likeness (QED) is 0.701. The maximum absolute atomic E-state index is 10.7. The summed E-state index contributed by atoms with van der Waals surface area (Å²) >= 11 is 11.3. The Morgan fingerprint density at radius 1 is 1.32 bits per heavy atom. The van der Waals surface area contributed by atoms with E-state index < -0.39 is 5.97 Å². The Morgan fingerprint density at radius 2 is 1.95 bits per heavy atom. The Bertz CT molecular complexity index is 606. The van der Waals surface area contributed by atoms with E-state index in [1.807, 2.05) is 12.1 Å². The van der Waals surface area contributed by atoms with Gasteiger partial charge >= 0.3 is 5.97 Å². The number of hydrogen-bond acceptors (Lipinski definition) is 4. The second-order valence-electron chi connectivity index (χ2n) is 3.44. The van der Waals surface area contributed by atoms with Crippen molar-refractivity contribution < 1.29 is 14.6 Å². The summed E-state index contributed by atoms with van der Waals surface area (Å²) in [5, 5.41) is 10.5. The standard InChI is InChI=1S/C11H6Br3NO3S/c12-5-1-7(13)9(8(14)2-5)18-3-6-4-19-10(15-6)11(16)17/h1-2,4H,3H2,(H,16,17). The van der Waals surface area contributed by atoms with Gasteiger partial charge in [-0.1, -0.05) is 15.9 Å². The van der Waals surface area contributed by atoms with Crippen LogP contribution < -0.4 is 4.74 Å². The van der Waals surface area contributed by atoms with Gasteiger partial charge in [-0.2, -0.15) is 0 Å². The van der Waals surface area contributed by atoms with Gasteiger partial charge < -0.3 is 9.84 Å². The smallest absolute Gasteiger partial charge is 0.365 e. The molecule has 19 heavy (non-hydrogen) atoms. The summed E-state index contributed by atoms with van der Waals surface area (Å²) in [6, 6.07) is 3.73. The summed E-state index contributed by atoms with van der Waals surface area (Å²) in [4.78, 5) is 14.7. The number of aromatic carboxylic acids is 1. The minimum Gasteiger partial charge on any atom is -0.485 e. The van der Waals surface area contributed by atoms with E-state index in [9.17, 15) is 4.79 Å². The molecular weight excluding hydrogens is 466 g/mol. The normalized spacial score (nSPS) is 10.5. The van der Waals surface area contributed by atoms with Crippen LogP contribution in [0.2, 0.25) is 0 Å². The van der Waals surface area contributed by atoms with Crippen LogP contribution in [0, 0.1) is 0 Å². The van der Waals surface area contributed by atoms with Crippen molar-refractivity contribution >= 4 is 65.1 Å². The van der Waals surface area contributed by atoms with E-state index in [0.29, 0.717) is 11.4 Å². The Labute approximate surface area is 138 Å². The summed E-state index contributed by atoms with van der Waals surface area (Å²) in [6.45, 7) is 0.211. The average Bonchev–Trinajstić information content (AvgIpc) is 2.76. The number of benzene rings is 1. The van der Waals surface area contributed by atoms with E-state index in [2.05, 4.69) is 52.8 Å². The first-order chi connectivity index (χ1) is 8.97. The van der Waals surface area contributed by atoms with Gasteiger partial charge in [-0.25, -0.2) is 9.78 Å². The Balaban J connectivity index is 2.12. The zero-order valence-corrected chi connectivity index (χ0v) is 14.8. The molecule has 0 atom stereocenters. The molecule has 2 aromatic rings. The Hall–Kier alpha value is -0.440. The first-order valence-electron chi connectivity index (χ1n) is 4.92. The van der Waals surface area contributed by atoms with Crippen LogP contribution in [0.4, 0.5) is 0 Å². The molecule has 1 N–H and O–H groups in total. The monoisotopic (exact) mass is 469 g/mol. The molecule has 0 aliphatic carbocycles. The molecule has 0 amide bonds. The maximum atomic E-state index is 10.7. The third-order valence-corrected chi connectivity index (χ3v) is 4.58. The average molecular weight is 472 g/mol. The molecule has 100 valence electrons. The molecular formula is C11H6Br3NO3S. The highest BCUT2D eigenvalue weighted by atomic mass is 79.9. The molecule has 2 rings (SSSR count). The van der Waals surface area contributed by atoms with Crippen molar-refractivity contribution in [3.8, 4) is 5.75 Å². The number of carboxylic acids is 1. The molecule has 0 bridgehead atoms. The second-order valence-corrected chi connectivity index (χ2v) is 6.92. The van der Waals surface area contributed by atoms with Crippen LogP contribution in [0.5, 0.6) is 5.75 Å². The zero-order chi connectivity index (χ0) is 14.0. The third-order valence-electron chi connectivity index (χ3n) is 2.06. The van der Waals surface area contributed by atoms with Gasteiger partial charge in [-0.05, 0) is 44.0 Å². The van der Waals surface area contributed by atoms with Gasteiger partial charge in [-0.3, -0.25) is 0 Å². The highest BCUT2D eigenvalue weighted by Gasteiger charge is 2.12. The number of rotatable bonds is 4. The Kier molecular flexibility index (Phi) is 4.99. The van der Waals surface area contributed by atoms with Crippen LogP contribution in [-0.4, -0.2) is 16.1 Å². The molecule has 4 nitrogen and oxygen atoms in total. The first-order valence-corrected chi connectivity index (χ1v) is 8.18. The molecule has 1 heterocycles. The molecule has 0 aliphatic rings. The predicted molar refractivity (Wildman–Crippen MR) is 82.9 cm³/mol. The molecule has 0 unspecified atom stereocenters. The van der Waals surface area contributed by atoms with E-state index in [1.54, 1.807) is 5.38 Å². The zero-order valence-electron chi connectivity index (χ0n) is 9.19. The highest BCUT2D eigenvalue weighted by Crippen LogP contribution is 2.36. The van der Waals surface area contributed by atoms with Crippen molar-refractivity contribution in [1.29, 1.82) is 0 Å². The van der Waals surface area contributed by atoms with Crippen LogP contribution >= 0.6 is 59.1 Å². The molecule has 1 aromatic heterocycles. The van der Waals surface area contributed by atoms with Gasteiger partial charge in [0, 0.05) is 9.85 Å². The van der Waals surface area contributed by atoms with Crippen LogP contribution in [-0.2, 0) is 6.61 Å². The molecule has 0 aliphatic heterocycles. The minimum atomic E-state index is -1.03. The molecule has 0 saturated heterocycles. The topological polar surface area (TPSA) is 59.4 Å². The summed E-state index contributed by atoms with van der Waals surface area (Å²) in [6.07, 6.45) is 0. The fourth-order valence-electron chi connectivity index (χ4n) is 1.28. The van der Waals surface area contributed by atoms with Crippen molar-refractivity contribution in [2.75, 3.05) is 0 Å². The van der Waals surface area contributed by atoms with Crippen molar-refractivity contribution in [1.82, 2.24) is 4.98 Å². The lowest BCUT2D eigenvalue weighted by molar-refractivity contribution is 0.0696. The second kappa shape index (κ2) is 6.34. The fourth-order valence-corrected chi connectivity index (χ4v) is 4.41. The summed E-state index contributed by atoms with van der Waals surface area (Å²) < 4.78 is 8.14. The lowest BCUT2D eigenvalue weighted by atomic mass is 10.3. The maximum Gasteiger partial charge on any atom is 0.365 e. The van der Waals surface area contributed by atoms with Crippen molar-refractivity contribution in [2.45, 2.75) is 6.61 Å². The van der Waals surface area contributed by atoms with Gasteiger partial charge in [0.25, 0.3) is 0 Å². The summed E-state index contributed by atoms with van der Waals surface area (Å²) in [7, 11) is 0. The minimum absolute atomic E-state index is 0.0625. The van der Waals surface area contributed by atoms with E-state index in [-0.39, 0.29) is 11.6 Å². The molecule has 0 spiro atoms. The van der Waals surface area contributed by atoms with Gasteiger partial charge in [0.1, 0.15) is 12.4 Å². The summed E-state index contributed by atoms with van der Waals surface area (Å²) in [5.41, 5.74) is 0.587. The Morgan fingerprint density at radius 3 is 2.47 bits per heavy atom. The molecule has 0 fully saturated rings. The number of hydrogen-bond donors (Lipinski definition) is 1. The SMILES string of the molecule is O=C(O)c1nc(COc2c(Br)cc(Br)cc2Br)cs1. The van der Waals surface area contributed by atoms with Gasteiger partial charge in [0.05, 0.1) is 14.6 Å². The number of thiazole rings is 1. The van der Waals surface area contributed by atoms with E-state index in [0.717, 1.165) is 24.8 Å². The van der Waals surface area contributed by atoms with Gasteiger partial charge in [0.15, 0.2) is 0 Å². The number of carboxylic acid groups (broad SMARTS) is 1. The van der Waals surface area contributed by atoms with Crippen molar-refractivity contribution in [3.05, 3.63) is 41.6 Å². The third kappa shape index (κ3) is 3.77. The van der Waals surface area contributed by atoms with E-state index in [1.165, 1.54) is 0 Å². The van der Waals surface area contributed by atoms with Crippen LogP contribution in [0.25, 0.3) is 0 Å². The van der Waals surface area contributed by atoms with Crippen molar-refractivity contribution in [2.24, 2.45) is 0 Å². The van der Waals surface area contributed by atoms with Crippen LogP contribution in [0.3, 0.4) is 0 Å².